The summed E-state index contributed by atoms with van der Waals surface area (Å²) in [6, 6.07) is 3.60. The molecule has 3 nitrogen and oxygen atoms in total. The summed E-state index contributed by atoms with van der Waals surface area (Å²) in [5, 5.41) is 8.78. The molecule has 18 heavy (non-hydrogen) atoms. The summed E-state index contributed by atoms with van der Waals surface area (Å²) in [7, 11) is 0. The van der Waals surface area contributed by atoms with Crippen LogP contribution in [0.2, 0.25) is 0 Å². The fourth-order valence-electron chi connectivity index (χ4n) is 1.57. The van der Waals surface area contributed by atoms with E-state index in [0.717, 1.165) is 11.3 Å². The molecule has 0 saturated heterocycles. The van der Waals surface area contributed by atoms with Gasteiger partial charge in [0.05, 0.1) is 24.6 Å². The summed E-state index contributed by atoms with van der Waals surface area (Å²) >= 11 is 1.39. The molecule has 0 spiro atoms. The Hall–Kier alpha value is -0.850. The smallest absolute Gasteiger partial charge is 0.251 e. The van der Waals surface area contributed by atoms with Crippen LogP contribution in [0.15, 0.2) is 12.1 Å². The maximum Gasteiger partial charge on any atom is 0.251 e. The predicted octanol–water partition coefficient (Wildman–Crippen LogP) is 2.05. The van der Waals surface area contributed by atoms with Gasteiger partial charge in [0.15, 0.2) is 5.78 Å². The van der Waals surface area contributed by atoms with Crippen molar-refractivity contribution in [1.29, 1.82) is 0 Å². The van der Waals surface area contributed by atoms with Crippen molar-refractivity contribution in [3.8, 4) is 0 Å². The molecule has 0 fully saturated rings. The Labute approximate surface area is 109 Å². The van der Waals surface area contributed by atoms with Crippen molar-refractivity contribution in [2.75, 3.05) is 26.2 Å². The van der Waals surface area contributed by atoms with E-state index >= 15 is 0 Å². The first kappa shape index (κ1) is 15.2. The first-order valence-electron chi connectivity index (χ1n) is 5.80. The van der Waals surface area contributed by atoms with Crippen LogP contribution in [0.5, 0.6) is 0 Å². The van der Waals surface area contributed by atoms with Gasteiger partial charge in [-0.3, -0.25) is 9.69 Å². The molecule has 0 bridgehead atoms. The molecule has 1 aromatic heterocycles. The molecular formula is C12H17F2NO2S. The Bertz CT molecular complexity index is 382. The third-order valence-electron chi connectivity index (χ3n) is 2.46. The van der Waals surface area contributed by atoms with Gasteiger partial charge in [0.25, 0.3) is 6.43 Å². The van der Waals surface area contributed by atoms with Crippen molar-refractivity contribution in [2.45, 2.75) is 19.8 Å². The summed E-state index contributed by atoms with van der Waals surface area (Å²) < 4.78 is 24.6. The molecule has 0 aliphatic heterocycles. The van der Waals surface area contributed by atoms with Gasteiger partial charge in [0, 0.05) is 11.4 Å². The van der Waals surface area contributed by atoms with Gasteiger partial charge in [-0.1, -0.05) is 6.92 Å². The second-order valence-electron chi connectivity index (χ2n) is 3.89. The number of halogens is 2. The van der Waals surface area contributed by atoms with Gasteiger partial charge in [0.1, 0.15) is 0 Å². The largest absolute Gasteiger partial charge is 0.395 e. The molecule has 0 atom stereocenters. The lowest BCUT2D eigenvalue weighted by Crippen LogP contribution is -2.35. The van der Waals surface area contributed by atoms with Crippen LogP contribution in [0.1, 0.15) is 21.5 Å². The standard InChI is InChI=1S/C12H17F2NO2S/c1-2-9-3-4-11(18-9)10(17)7-15(5-6-16)8-12(13)14/h3-4,12,16H,2,5-8H2,1H3. The van der Waals surface area contributed by atoms with E-state index in [1.54, 1.807) is 6.07 Å². The summed E-state index contributed by atoms with van der Waals surface area (Å²) in [4.78, 5) is 14.8. The van der Waals surface area contributed by atoms with Gasteiger partial charge >= 0.3 is 0 Å². The molecule has 0 aromatic carbocycles. The molecule has 0 aliphatic rings. The Balaban J connectivity index is 2.59. The van der Waals surface area contributed by atoms with E-state index in [0.29, 0.717) is 4.88 Å². The highest BCUT2D eigenvalue weighted by atomic mass is 32.1. The minimum Gasteiger partial charge on any atom is -0.395 e. The zero-order valence-electron chi connectivity index (χ0n) is 10.2. The molecular weight excluding hydrogens is 260 g/mol. The molecule has 102 valence electrons. The number of Topliss-reactive ketones (excluding diaryl/α,β-unsaturated/α-hetero) is 1. The number of aliphatic hydroxyl groups excluding tert-OH is 1. The number of rotatable bonds is 8. The Kier molecular flexibility index (Phi) is 6.38. The first-order chi connectivity index (χ1) is 8.56. The zero-order chi connectivity index (χ0) is 13.5. The number of carbonyl (C=O) groups is 1. The number of alkyl halides is 2. The van der Waals surface area contributed by atoms with E-state index < -0.39 is 13.0 Å². The number of thiophene rings is 1. The van der Waals surface area contributed by atoms with Gasteiger partial charge in [0.2, 0.25) is 0 Å². The quantitative estimate of drug-likeness (QED) is 0.739. The number of hydrogen-bond acceptors (Lipinski definition) is 4. The average Bonchev–Trinajstić information content (AvgIpc) is 2.76. The van der Waals surface area contributed by atoms with Crippen molar-refractivity contribution >= 4 is 17.1 Å². The van der Waals surface area contributed by atoms with Crippen molar-refractivity contribution < 1.29 is 18.7 Å². The monoisotopic (exact) mass is 277 g/mol. The number of ketones is 1. The van der Waals surface area contributed by atoms with E-state index in [-0.39, 0.29) is 25.5 Å². The number of aryl methyl sites for hydroxylation is 1. The van der Waals surface area contributed by atoms with Gasteiger partial charge in [-0.15, -0.1) is 11.3 Å². The van der Waals surface area contributed by atoms with Crippen molar-refractivity contribution in [1.82, 2.24) is 4.90 Å². The third kappa shape index (κ3) is 4.80. The molecule has 1 heterocycles. The minimum absolute atomic E-state index is 0.0748. The molecule has 1 aromatic rings. The molecule has 0 saturated carbocycles. The lowest BCUT2D eigenvalue weighted by molar-refractivity contribution is 0.0691. The normalized spacial score (nSPS) is 11.4. The molecule has 1 N–H and O–H groups in total. The summed E-state index contributed by atoms with van der Waals surface area (Å²) in [5.74, 6) is -0.172. The van der Waals surface area contributed by atoms with E-state index in [1.807, 2.05) is 13.0 Å². The molecule has 6 heteroatoms. The topological polar surface area (TPSA) is 40.5 Å². The zero-order valence-corrected chi connectivity index (χ0v) is 11.1. The molecule has 0 radical (unpaired) electrons. The van der Waals surface area contributed by atoms with E-state index in [9.17, 15) is 13.6 Å². The second kappa shape index (κ2) is 7.56. The highest BCUT2D eigenvalue weighted by Crippen LogP contribution is 2.17. The number of nitrogens with zero attached hydrogens (tertiary/aromatic N) is 1. The van der Waals surface area contributed by atoms with Gasteiger partial charge in [-0.25, -0.2) is 8.78 Å². The maximum absolute atomic E-state index is 12.3. The van der Waals surface area contributed by atoms with Crippen molar-refractivity contribution in [3.05, 3.63) is 21.9 Å². The average molecular weight is 277 g/mol. The molecule has 0 aliphatic carbocycles. The minimum atomic E-state index is -2.50. The summed E-state index contributed by atoms with van der Waals surface area (Å²) in [6.07, 6.45) is -1.64. The molecule has 0 amide bonds. The summed E-state index contributed by atoms with van der Waals surface area (Å²) in [5.41, 5.74) is 0. The van der Waals surface area contributed by atoms with Crippen LogP contribution in [0.3, 0.4) is 0 Å². The summed E-state index contributed by atoms with van der Waals surface area (Å²) in [6.45, 7) is 1.29. The van der Waals surface area contributed by atoms with Crippen LogP contribution in [0.4, 0.5) is 8.78 Å². The van der Waals surface area contributed by atoms with Crippen LogP contribution in [-0.2, 0) is 6.42 Å². The molecule has 0 unspecified atom stereocenters. The number of carbonyl (C=O) groups excluding carboxylic acids is 1. The van der Waals surface area contributed by atoms with E-state index in [1.165, 1.54) is 16.2 Å². The van der Waals surface area contributed by atoms with Crippen LogP contribution in [0, 0.1) is 0 Å². The Morgan fingerprint density at radius 3 is 2.72 bits per heavy atom. The second-order valence-corrected chi connectivity index (χ2v) is 5.06. The fourth-order valence-corrected chi connectivity index (χ4v) is 2.45. The first-order valence-corrected chi connectivity index (χ1v) is 6.61. The number of hydrogen-bond donors (Lipinski definition) is 1. The maximum atomic E-state index is 12.3. The van der Waals surface area contributed by atoms with Crippen LogP contribution in [-0.4, -0.2) is 48.5 Å². The van der Waals surface area contributed by atoms with Crippen LogP contribution in [0.25, 0.3) is 0 Å². The Morgan fingerprint density at radius 1 is 1.50 bits per heavy atom. The van der Waals surface area contributed by atoms with Crippen LogP contribution < -0.4 is 0 Å². The van der Waals surface area contributed by atoms with E-state index in [2.05, 4.69) is 0 Å². The van der Waals surface area contributed by atoms with Gasteiger partial charge < -0.3 is 5.11 Å². The lowest BCUT2D eigenvalue weighted by atomic mass is 10.3. The SMILES string of the molecule is CCc1ccc(C(=O)CN(CCO)CC(F)F)s1. The highest BCUT2D eigenvalue weighted by Gasteiger charge is 2.17. The molecule has 1 rings (SSSR count). The van der Waals surface area contributed by atoms with Crippen molar-refractivity contribution in [2.24, 2.45) is 0 Å². The van der Waals surface area contributed by atoms with Gasteiger partial charge in [-0.2, -0.15) is 0 Å². The third-order valence-corrected chi connectivity index (χ3v) is 3.74. The lowest BCUT2D eigenvalue weighted by Gasteiger charge is -2.19. The van der Waals surface area contributed by atoms with Crippen LogP contribution >= 0.6 is 11.3 Å². The predicted molar refractivity (Wildman–Crippen MR) is 67.6 cm³/mol. The number of aliphatic hydroxyl groups is 1. The van der Waals surface area contributed by atoms with E-state index in [4.69, 9.17) is 5.11 Å². The Morgan fingerprint density at radius 2 is 2.22 bits per heavy atom. The van der Waals surface area contributed by atoms with Crippen molar-refractivity contribution in [3.63, 3.8) is 0 Å². The fraction of sp³-hybridized carbons (Fsp3) is 0.583. The highest BCUT2D eigenvalue weighted by molar-refractivity contribution is 7.14. The van der Waals surface area contributed by atoms with Gasteiger partial charge in [-0.05, 0) is 18.6 Å².